The molecule has 0 aliphatic carbocycles. The number of aryl methyl sites for hydroxylation is 1. The second-order valence-electron chi connectivity index (χ2n) is 6.36. The zero-order chi connectivity index (χ0) is 18.5. The summed E-state index contributed by atoms with van der Waals surface area (Å²) in [6.45, 7) is 0.947. The van der Waals surface area contributed by atoms with Crippen LogP contribution in [-0.4, -0.2) is 30.7 Å². The first kappa shape index (κ1) is 18.1. The summed E-state index contributed by atoms with van der Waals surface area (Å²) in [6.07, 6.45) is 2.35. The van der Waals surface area contributed by atoms with Crippen molar-refractivity contribution in [3.05, 3.63) is 71.7 Å². The van der Waals surface area contributed by atoms with Crippen molar-refractivity contribution in [3.8, 4) is 0 Å². The van der Waals surface area contributed by atoms with Crippen LogP contribution in [0, 0.1) is 5.82 Å². The highest BCUT2D eigenvalue weighted by atomic mass is 19.1. The third-order valence-corrected chi connectivity index (χ3v) is 4.59. The Labute approximate surface area is 152 Å². The zero-order valence-electron chi connectivity index (χ0n) is 15.0. The molecular weight excluding hydrogens is 331 g/mol. The molecule has 136 valence electrons. The van der Waals surface area contributed by atoms with Crippen LogP contribution >= 0.6 is 0 Å². The van der Waals surface area contributed by atoms with Gasteiger partial charge < -0.3 is 14.6 Å². The molecule has 3 aromatic rings. The molecule has 3 rings (SSSR count). The van der Waals surface area contributed by atoms with Gasteiger partial charge in [0.1, 0.15) is 5.82 Å². The molecule has 0 aliphatic rings. The molecule has 0 saturated heterocycles. The summed E-state index contributed by atoms with van der Waals surface area (Å²) in [7, 11) is 3.59. The minimum absolute atomic E-state index is 0.0516. The third kappa shape index (κ3) is 3.94. The predicted molar refractivity (Wildman–Crippen MR) is 101 cm³/mol. The van der Waals surface area contributed by atoms with Crippen molar-refractivity contribution >= 4 is 16.8 Å². The van der Waals surface area contributed by atoms with E-state index in [0.29, 0.717) is 19.6 Å². The number of halogens is 1. The number of para-hydroxylation sites is 1. The minimum Gasteiger partial charge on any atom is -0.383 e. The molecule has 0 spiro atoms. The first-order valence-electron chi connectivity index (χ1n) is 8.65. The number of aromatic nitrogens is 1. The smallest absolute Gasteiger partial charge is 0.221 e. The second-order valence-corrected chi connectivity index (χ2v) is 6.36. The first-order valence-corrected chi connectivity index (χ1v) is 8.65. The van der Waals surface area contributed by atoms with Crippen molar-refractivity contribution in [2.45, 2.75) is 12.3 Å². The van der Waals surface area contributed by atoms with Gasteiger partial charge in [-0.1, -0.05) is 30.3 Å². The number of hydrogen-bond donors (Lipinski definition) is 1. The van der Waals surface area contributed by atoms with E-state index in [9.17, 15) is 9.18 Å². The zero-order valence-corrected chi connectivity index (χ0v) is 15.0. The van der Waals surface area contributed by atoms with E-state index < -0.39 is 0 Å². The molecule has 1 atom stereocenters. The van der Waals surface area contributed by atoms with Gasteiger partial charge in [-0.2, -0.15) is 0 Å². The highest BCUT2D eigenvalue weighted by molar-refractivity contribution is 5.86. The molecule has 1 heterocycles. The highest BCUT2D eigenvalue weighted by Crippen LogP contribution is 2.34. The lowest BCUT2D eigenvalue weighted by molar-refractivity contribution is -0.121. The summed E-state index contributed by atoms with van der Waals surface area (Å²) in [5.74, 6) is -0.483. The van der Waals surface area contributed by atoms with Crippen molar-refractivity contribution < 1.29 is 13.9 Å². The van der Waals surface area contributed by atoms with Gasteiger partial charge in [-0.15, -0.1) is 0 Å². The topological polar surface area (TPSA) is 43.3 Å². The van der Waals surface area contributed by atoms with Crippen molar-refractivity contribution in [2.75, 3.05) is 20.3 Å². The maximum absolute atomic E-state index is 13.4. The van der Waals surface area contributed by atoms with Gasteiger partial charge in [0.05, 0.1) is 6.61 Å². The number of carbonyl (C=O) groups is 1. The Bertz CT molecular complexity index is 887. The summed E-state index contributed by atoms with van der Waals surface area (Å²) < 4.78 is 20.4. The van der Waals surface area contributed by atoms with E-state index in [1.54, 1.807) is 19.2 Å². The number of fused-ring (bicyclic) bond motifs is 1. The summed E-state index contributed by atoms with van der Waals surface area (Å²) in [6, 6.07) is 14.5. The van der Waals surface area contributed by atoms with Crippen LogP contribution in [0.3, 0.4) is 0 Å². The molecule has 2 aromatic carbocycles. The number of amides is 1. The van der Waals surface area contributed by atoms with Crippen LogP contribution in [0.15, 0.2) is 54.7 Å². The van der Waals surface area contributed by atoms with Crippen LogP contribution in [0.25, 0.3) is 10.9 Å². The Morgan fingerprint density at radius 3 is 2.65 bits per heavy atom. The SMILES string of the molecule is COCCNC(=O)CC(c1ccc(F)cc1)c1cn(C)c2ccccc12. The lowest BCUT2D eigenvalue weighted by Gasteiger charge is -2.17. The standard InChI is InChI=1S/C21H23FN2O2/c1-24-14-19(17-5-3-4-6-20(17)24)18(13-21(25)23-11-12-26-2)15-7-9-16(22)10-8-15/h3-10,14,18H,11-13H2,1-2H3,(H,23,25). The number of rotatable bonds is 7. The fourth-order valence-corrected chi connectivity index (χ4v) is 3.30. The lowest BCUT2D eigenvalue weighted by atomic mass is 9.88. The van der Waals surface area contributed by atoms with Crippen LogP contribution in [0.4, 0.5) is 4.39 Å². The van der Waals surface area contributed by atoms with E-state index in [4.69, 9.17) is 4.74 Å². The molecule has 1 N–H and O–H groups in total. The largest absolute Gasteiger partial charge is 0.383 e. The number of carbonyl (C=O) groups excluding carboxylic acids is 1. The van der Waals surface area contributed by atoms with Gasteiger partial charge in [-0.25, -0.2) is 4.39 Å². The van der Waals surface area contributed by atoms with Crippen molar-refractivity contribution in [2.24, 2.45) is 7.05 Å². The molecule has 1 amide bonds. The molecular formula is C21H23FN2O2. The van der Waals surface area contributed by atoms with Gasteiger partial charge in [-0.3, -0.25) is 4.79 Å². The fraction of sp³-hybridized carbons (Fsp3) is 0.286. The number of nitrogens with zero attached hydrogens (tertiary/aromatic N) is 1. The molecule has 0 bridgehead atoms. The molecule has 4 nitrogen and oxygen atoms in total. The van der Waals surface area contributed by atoms with Crippen molar-refractivity contribution in [1.29, 1.82) is 0 Å². The monoisotopic (exact) mass is 354 g/mol. The van der Waals surface area contributed by atoms with Gasteiger partial charge in [-0.05, 0) is 29.3 Å². The summed E-state index contributed by atoms with van der Waals surface area (Å²) in [4.78, 5) is 12.4. The molecule has 0 aliphatic heterocycles. The Balaban J connectivity index is 1.97. The average molecular weight is 354 g/mol. The van der Waals surface area contributed by atoms with Gasteiger partial charge in [0.25, 0.3) is 0 Å². The fourth-order valence-electron chi connectivity index (χ4n) is 3.30. The maximum atomic E-state index is 13.4. The molecule has 0 radical (unpaired) electrons. The molecule has 0 fully saturated rings. The van der Waals surface area contributed by atoms with E-state index in [2.05, 4.69) is 28.2 Å². The van der Waals surface area contributed by atoms with E-state index in [-0.39, 0.29) is 17.6 Å². The third-order valence-electron chi connectivity index (χ3n) is 4.59. The normalized spacial score (nSPS) is 12.3. The molecule has 1 unspecified atom stereocenters. The minimum atomic E-state index is -0.282. The Hall–Kier alpha value is -2.66. The molecule has 1 aromatic heterocycles. The Morgan fingerprint density at radius 1 is 1.19 bits per heavy atom. The first-order chi connectivity index (χ1) is 12.6. The van der Waals surface area contributed by atoms with Crippen LogP contribution in [0.2, 0.25) is 0 Å². The number of hydrogen-bond acceptors (Lipinski definition) is 2. The summed E-state index contributed by atoms with van der Waals surface area (Å²) in [5.41, 5.74) is 3.09. The second kappa shape index (κ2) is 8.15. The molecule has 26 heavy (non-hydrogen) atoms. The molecule has 0 saturated carbocycles. The van der Waals surface area contributed by atoms with Crippen LogP contribution in [0.5, 0.6) is 0 Å². The van der Waals surface area contributed by atoms with Crippen molar-refractivity contribution in [3.63, 3.8) is 0 Å². The van der Waals surface area contributed by atoms with Crippen LogP contribution in [0.1, 0.15) is 23.5 Å². The quantitative estimate of drug-likeness (QED) is 0.659. The van der Waals surface area contributed by atoms with Crippen LogP contribution < -0.4 is 5.32 Å². The highest BCUT2D eigenvalue weighted by Gasteiger charge is 2.22. The summed E-state index contributed by atoms with van der Waals surface area (Å²) in [5, 5.41) is 3.98. The Kier molecular flexibility index (Phi) is 5.68. The summed E-state index contributed by atoms with van der Waals surface area (Å²) >= 11 is 0. The van der Waals surface area contributed by atoms with Gasteiger partial charge >= 0.3 is 0 Å². The molecule has 5 heteroatoms. The number of nitrogens with one attached hydrogen (secondary N) is 1. The van der Waals surface area contributed by atoms with E-state index in [0.717, 1.165) is 22.0 Å². The number of benzene rings is 2. The lowest BCUT2D eigenvalue weighted by Crippen LogP contribution is -2.28. The van der Waals surface area contributed by atoms with Crippen LogP contribution in [-0.2, 0) is 16.6 Å². The van der Waals surface area contributed by atoms with E-state index in [1.807, 2.05) is 19.2 Å². The average Bonchev–Trinajstić information content (AvgIpc) is 2.98. The maximum Gasteiger partial charge on any atom is 0.221 e. The van der Waals surface area contributed by atoms with E-state index >= 15 is 0 Å². The Morgan fingerprint density at radius 2 is 1.92 bits per heavy atom. The van der Waals surface area contributed by atoms with Gasteiger partial charge in [0.2, 0.25) is 5.91 Å². The number of ether oxygens (including phenoxy) is 1. The van der Waals surface area contributed by atoms with Gasteiger partial charge in [0, 0.05) is 50.1 Å². The van der Waals surface area contributed by atoms with Crippen molar-refractivity contribution in [1.82, 2.24) is 9.88 Å². The predicted octanol–water partition coefficient (Wildman–Crippen LogP) is 3.60. The van der Waals surface area contributed by atoms with E-state index in [1.165, 1.54) is 12.1 Å². The van der Waals surface area contributed by atoms with Gasteiger partial charge in [0.15, 0.2) is 0 Å². The number of methoxy groups -OCH3 is 1.